The largest absolute Gasteiger partial charge is 0.383 e. The van der Waals surface area contributed by atoms with Crippen LogP contribution in [0.3, 0.4) is 0 Å². The molecule has 3 fully saturated rings. The van der Waals surface area contributed by atoms with Crippen LogP contribution in [0, 0.1) is 17.8 Å². The van der Waals surface area contributed by atoms with Crippen LogP contribution in [-0.2, 0) is 9.53 Å². The van der Waals surface area contributed by atoms with Gasteiger partial charge < -0.3 is 14.5 Å². The Morgan fingerprint density at radius 2 is 1.83 bits per heavy atom. The van der Waals surface area contributed by atoms with Gasteiger partial charge in [0.2, 0.25) is 5.91 Å². The molecule has 0 N–H and O–H groups in total. The maximum Gasteiger partial charge on any atom is 0.254 e. The highest BCUT2D eigenvalue weighted by atomic mass is 16.5. The van der Waals surface area contributed by atoms with Gasteiger partial charge in [0.05, 0.1) is 12.0 Å². The zero-order chi connectivity index (χ0) is 20.6. The van der Waals surface area contributed by atoms with E-state index in [2.05, 4.69) is 4.90 Å². The second-order valence-corrected chi connectivity index (χ2v) is 9.15. The first-order valence-corrected chi connectivity index (χ1v) is 10.7. The summed E-state index contributed by atoms with van der Waals surface area (Å²) in [4.78, 5) is 32.7. The van der Waals surface area contributed by atoms with Crippen LogP contribution in [0.1, 0.15) is 35.2 Å². The van der Waals surface area contributed by atoms with Crippen LogP contribution in [0.2, 0.25) is 0 Å². The maximum atomic E-state index is 13.3. The summed E-state index contributed by atoms with van der Waals surface area (Å²) in [6.45, 7) is 7.59. The lowest BCUT2D eigenvalue weighted by atomic mass is 9.60. The molecule has 3 heterocycles. The number of nitrogens with zero attached hydrogens (tertiary/aromatic N) is 3. The minimum atomic E-state index is -0.298. The molecule has 1 atom stereocenters. The van der Waals surface area contributed by atoms with Crippen LogP contribution in [0.4, 0.5) is 0 Å². The molecule has 0 bridgehead atoms. The average Bonchev–Trinajstić information content (AvgIpc) is 3.19. The highest BCUT2D eigenvalue weighted by molar-refractivity contribution is 5.95. The van der Waals surface area contributed by atoms with Gasteiger partial charge in [-0.15, -0.1) is 0 Å². The van der Waals surface area contributed by atoms with E-state index in [1.165, 1.54) is 0 Å². The standard InChI is InChI=1S/C23H33N3O3/c1-18-6-4-5-7-19(18)20(27)26-12-8-22(9-13-26)16-25(14-15-29-3)17-23(22)10-11-24(2)21(23)28/h4-7H,8-17H2,1-3H3. The van der Waals surface area contributed by atoms with E-state index in [9.17, 15) is 9.59 Å². The third-order valence-electron chi connectivity index (χ3n) is 7.66. The van der Waals surface area contributed by atoms with Crippen LogP contribution in [0.15, 0.2) is 24.3 Å². The summed E-state index contributed by atoms with van der Waals surface area (Å²) in [7, 11) is 3.66. The molecular formula is C23H33N3O3. The molecule has 3 aliphatic heterocycles. The molecule has 0 radical (unpaired) electrons. The third-order valence-corrected chi connectivity index (χ3v) is 7.66. The van der Waals surface area contributed by atoms with Crippen LogP contribution < -0.4 is 0 Å². The SMILES string of the molecule is COCCN1CC2(CCN(C(=O)c3ccccc3C)CC2)C2(CCN(C)C2=O)C1. The number of likely N-dealkylation sites (tertiary alicyclic amines) is 3. The van der Waals surface area contributed by atoms with Crippen LogP contribution in [0.25, 0.3) is 0 Å². The summed E-state index contributed by atoms with van der Waals surface area (Å²) < 4.78 is 5.30. The molecule has 6 nitrogen and oxygen atoms in total. The number of aryl methyl sites for hydroxylation is 1. The van der Waals surface area contributed by atoms with Gasteiger partial charge >= 0.3 is 0 Å². The van der Waals surface area contributed by atoms with E-state index in [1.807, 2.05) is 48.0 Å². The molecule has 158 valence electrons. The molecule has 0 aliphatic carbocycles. The number of rotatable bonds is 4. The normalized spacial score (nSPS) is 26.8. The molecule has 0 aromatic heterocycles. The first-order valence-electron chi connectivity index (χ1n) is 10.7. The van der Waals surface area contributed by atoms with Crippen molar-refractivity contribution in [2.45, 2.75) is 26.2 Å². The summed E-state index contributed by atoms with van der Waals surface area (Å²) in [5.41, 5.74) is 1.48. The van der Waals surface area contributed by atoms with E-state index in [-0.39, 0.29) is 16.7 Å². The monoisotopic (exact) mass is 399 g/mol. The Morgan fingerprint density at radius 1 is 1.10 bits per heavy atom. The number of piperidine rings is 1. The van der Waals surface area contributed by atoms with E-state index >= 15 is 0 Å². The first kappa shape index (κ1) is 20.4. The zero-order valence-electron chi connectivity index (χ0n) is 17.9. The van der Waals surface area contributed by atoms with Crippen molar-refractivity contribution in [2.75, 3.05) is 60.0 Å². The van der Waals surface area contributed by atoms with Crippen molar-refractivity contribution >= 4 is 11.8 Å². The number of fused-ring (bicyclic) bond motifs is 1. The van der Waals surface area contributed by atoms with E-state index in [0.29, 0.717) is 12.5 Å². The molecule has 0 saturated carbocycles. The second-order valence-electron chi connectivity index (χ2n) is 9.15. The van der Waals surface area contributed by atoms with Gasteiger partial charge in [-0.1, -0.05) is 18.2 Å². The van der Waals surface area contributed by atoms with Crippen LogP contribution in [-0.4, -0.2) is 86.5 Å². The molecule has 2 amide bonds. The lowest BCUT2D eigenvalue weighted by Gasteiger charge is -2.47. The number of hydrogen-bond donors (Lipinski definition) is 0. The van der Waals surface area contributed by atoms with Crippen LogP contribution >= 0.6 is 0 Å². The lowest BCUT2D eigenvalue weighted by Crippen LogP contribution is -2.53. The quantitative estimate of drug-likeness (QED) is 0.777. The van der Waals surface area contributed by atoms with E-state index in [1.54, 1.807) is 7.11 Å². The summed E-state index contributed by atoms with van der Waals surface area (Å²) in [5.74, 6) is 0.423. The second kappa shape index (κ2) is 7.73. The lowest BCUT2D eigenvalue weighted by molar-refractivity contribution is -0.141. The summed E-state index contributed by atoms with van der Waals surface area (Å²) in [6, 6.07) is 7.81. The minimum Gasteiger partial charge on any atom is -0.383 e. The van der Waals surface area contributed by atoms with Gasteiger partial charge in [-0.2, -0.15) is 0 Å². The number of hydrogen-bond acceptors (Lipinski definition) is 4. The van der Waals surface area contributed by atoms with Crippen molar-refractivity contribution in [3.05, 3.63) is 35.4 Å². The fraction of sp³-hybridized carbons (Fsp3) is 0.652. The van der Waals surface area contributed by atoms with Gasteiger partial charge in [0, 0.05) is 64.4 Å². The van der Waals surface area contributed by atoms with Crippen molar-refractivity contribution in [3.8, 4) is 0 Å². The number of carbonyl (C=O) groups excluding carboxylic acids is 2. The van der Waals surface area contributed by atoms with Crippen molar-refractivity contribution in [1.82, 2.24) is 14.7 Å². The van der Waals surface area contributed by atoms with E-state index < -0.39 is 0 Å². The van der Waals surface area contributed by atoms with E-state index in [4.69, 9.17) is 4.74 Å². The molecule has 4 rings (SSSR count). The van der Waals surface area contributed by atoms with E-state index in [0.717, 1.165) is 69.7 Å². The van der Waals surface area contributed by atoms with Crippen LogP contribution in [0.5, 0.6) is 0 Å². The molecule has 29 heavy (non-hydrogen) atoms. The average molecular weight is 400 g/mol. The Morgan fingerprint density at radius 3 is 2.45 bits per heavy atom. The molecule has 3 saturated heterocycles. The topological polar surface area (TPSA) is 53.1 Å². The number of amides is 2. The summed E-state index contributed by atoms with van der Waals surface area (Å²) >= 11 is 0. The van der Waals surface area contributed by atoms with Crippen molar-refractivity contribution in [1.29, 1.82) is 0 Å². The predicted molar refractivity (Wildman–Crippen MR) is 112 cm³/mol. The summed E-state index contributed by atoms with van der Waals surface area (Å²) in [6.07, 6.45) is 2.72. The Kier molecular flexibility index (Phi) is 5.42. The smallest absolute Gasteiger partial charge is 0.254 e. The number of carbonyl (C=O) groups is 2. The first-order chi connectivity index (χ1) is 13.9. The van der Waals surface area contributed by atoms with Gasteiger partial charge in [-0.05, 0) is 37.8 Å². The van der Waals surface area contributed by atoms with Gasteiger partial charge in [0.25, 0.3) is 5.91 Å². The van der Waals surface area contributed by atoms with Gasteiger partial charge in [0.15, 0.2) is 0 Å². The number of methoxy groups -OCH3 is 1. The number of ether oxygens (including phenoxy) is 1. The molecule has 1 unspecified atom stereocenters. The summed E-state index contributed by atoms with van der Waals surface area (Å²) in [5, 5.41) is 0. The van der Waals surface area contributed by atoms with Crippen molar-refractivity contribution in [2.24, 2.45) is 10.8 Å². The van der Waals surface area contributed by atoms with Gasteiger partial charge in [0.1, 0.15) is 0 Å². The molecule has 1 aromatic rings. The highest BCUT2D eigenvalue weighted by Crippen LogP contribution is 2.57. The molecule has 1 aromatic carbocycles. The minimum absolute atomic E-state index is 0.0366. The predicted octanol–water partition coefficient (Wildman–Crippen LogP) is 2.03. The fourth-order valence-corrected chi connectivity index (χ4v) is 5.89. The van der Waals surface area contributed by atoms with Crippen molar-refractivity contribution in [3.63, 3.8) is 0 Å². The van der Waals surface area contributed by atoms with Gasteiger partial charge in [-0.3, -0.25) is 14.5 Å². The fourth-order valence-electron chi connectivity index (χ4n) is 5.89. The Bertz CT molecular complexity index is 787. The molecular weight excluding hydrogens is 366 g/mol. The highest BCUT2D eigenvalue weighted by Gasteiger charge is 2.64. The molecule has 3 aliphatic rings. The zero-order valence-corrected chi connectivity index (χ0v) is 17.9. The molecule has 6 heteroatoms. The Labute approximate surface area is 173 Å². The van der Waals surface area contributed by atoms with Crippen molar-refractivity contribution < 1.29 is 14.3 Å². The maximum absolute atomic E-state index is 13.3. The third kappa shape index (κ3) is 3.26. The molecule has 2 spiro atoms. The van der Waals surface area contributed by atoms with Gasteiger partial charge in [-0.25, -0.2) is 0 Å². The number of benzene rings is 1. The Balaban J connectivity index is 1.54. The Hall–Kier alpha value is -1.92.